The Bertz CT molecular complexity index is 1060. The molecule has 0 atom stereocenters. The molecule has 0 saturated carbocycles. The first-order valence-corrected chi connectivity index (χ1v) is 10.7. The molecule has 8 heteroatoms. The van der Waals surface area contributed by atoms with Crippen molar-refractivity contribution in [3.63, 3.8) is 0 Å². The first-order valence-electron chi connectivity index (χ1n) is 10.7. The van der Waals surface area contributed by atoms with Crippen LogP contribution in [0.15, 0.2) is 53.3 Å². The van der Waals surface area contributed by atoms with Gasteiger partial charge in [0.2, 0.25) is 0 Å². The molecule has 1 aliphatic rings. The monoisotopic (exact) mass is 432 g/mol. The Hall–Kier alpha value is -2.74. The van der Waals surface area contributed by atoms with Crippen LogP contribution in [-0.2, 0) is 12.7 Å². The summed E-state index contributed by atoms with van der Waals surface area (Å²) in [6, 6.07) is 13.5. The molecule has 166 valence electrons. The summed E-state index contributed by atoms with van der Waals surface area (Å²) in [5.74, 6) is 0. The van der Waals surface area contributed by atoms with E-state index < -0.39 is 11.7 Å². The zero-order chi connectivity index (χ0) is 21.8. The number of hydrogen-bond acceptors (Lipinski definition) is 3. The van der Waals surface area contributed by atoms with Gasteiger partial charge in [-0.15, -0.1) is 0 Å². The lowest BCUT2D eigenvalue weighted by molar-refractivity contribution is -0.137. The number of rotatable bonds is 7. The molecular weight excluding hydrogens is 405 g/mol. The summed E-state index contributed by atoms with van der Waals surface area (Å²) in [7, 11) is 0. The molecule has 4 rings (SSSR count). The Morgan fingerprint density at radius 2 is 1.52 bits per heavy atom. The van der Waals surface area contributed by atoms with Crippen molar-refractivity contribution >= 4 is 16.7 Å². The number of alkyl halides is 3. The summed E-state index contributed by atoms with van der Waals surface area (Å²) >= 11 is 0. The topological polar surface area (TPSA) is 44.3 Å². The summed E-state index contributed by atoms with van der Waals surface area (Å²) in [4.78, 5) is 19.1. The highest BCUT2D eigenvalue weighted by Crippen LogP contribution is 2.36. The number of unbranched alkanes of at least 4 members (excludes halogenated alkanes) is 2. The summed E-state index contributed by atoms with van der Waals surface area (Å²) in [5.41, 5.74) is 1.44. The molecule has 1 saturated heterocycles. The fourth-order valence-corrected chi connectivity index (χ4v) is 4.31. The number of nitrogens with one attached hydrogen (secondary N) is 1. The number of para-hydroxylation sites is 3. The average Bonchev–Trinajstić information content (AvgIpc) is 3.08. The average molecular weight is 432 g/mol. The van der Waals surface area contributed by atoms with Crippen molar-refractivity contribution in [2.75, 3.05) is 37.6 Å². The van der Waals surface area contributed by atoms with Gasteiger partial charge in [0.25, 0.3) is 0 Å². The Morgan fingerprint density at radius 1 is 0.839 bits per heavy atom. The number of aromatic amines is 1. The molecule has 5 nitrogen and oxygen atoms in total. The molecule has 0 aliphatic carbocycles. The molecule has 1 aliphatic heterocycles. The van der Waals surface area contributed by atoms with Gasteiger partial charge in [0.05, 0.1) is 16.6 Å². The van der Waals surface area contributed by atoms with Crippen LogP contribution in [0.5, 0.6) is 0 Å². The number of piperazine rings is 1. The van der Waals surface area contributed by atoms with Gasteiger partial charge in [0, 0.05) is 38.4 Å². The summed E-state index contributed by atoms with van der Waals surface area (Å²) in [6.07, 6.45) is -1.40. The largest absolute Gasteiger partial charge is 0.418 e. The molecule has 1 N–H and O–H groups in total. The van der Waals surface area contributed by atoms with Crippen LogP contribution in [0, 0.1) is 0 Å². The summed E-state index contributed by atoms with van der Waals surface area (Å²) < 4.78 is 41.6. The number of aromatic nitrogens is 2. The number of nitrogens with zero attached hydrogens (tertiary/aromatic N) is 3. The third kappa shape index (κ3) is 4.95. The van der Waals surface area contributed by atoms with E-state index in [9.17, 15) is 18.0 Å². The highest BCUT2D eigenvalue weighted by atomic mass is 19.4. The molecular formula is C23H27F3N4O. The maximum absolute atomic E-state index is 13.3. The number of benzene rings is 2. The molecule has 0 radical (unpaired) electrons. The maximum atomic E-state index is 13.3. The van der Waals surface area contributed by atoms with E-state index in [1.54, 1.807) is 16.7 Å². The molecule has 2 heterocycles. The van der Waals surface area contributed by atoms with E-state index in [-0.39, 0.29) is 11.4 Å². The second kappa shape index (κ2) is 9.18. The van der Waals surface area contributed by atoms with Crippen LogP contribution >= 0.6 is 0 Å². The summed E-state index contributed by atoms with van der Waals surface area (Å²) in [6.45, 7) is 4.32. The van der Waals surface area contributed by atoms with Crippen LogP contribution in [0.1, 0.15) is 24.8 Å². The van der Waals surface area contributed by atoms with Crippen LogP contribution in [0.2, 0.25) is 0 Å². The second-order valence-electron chi connectivity index (χ2n) is 8.00. The lowest BCUT2D eigenvalue weighted by Gasteiger charge is -2.37. The number of imidazole rings is 1. The van der Waals surface area contributed by atoms with Gasteiger partial charge in [-0.25, -0.2) is 4.79 Å². The number of aryl methyl sites for hydroxylation is 1. The van der Waals surface area contributed by atoms with Crippen molar-refractivity contribution < 1.29 is 13.2 Å². The van der Waals surface area contributed by atoms with E-state index in [0.717, 1.165) is 56.0 Å². The van der Waals surface area contributed by atoms with Crippen molar-refractivity contribution in [3.05, 3.63) is 64.6 Å². The van der Waals surface area contributed by atoms with Crippen LogP contribution in [0.3, 0.4) is 0 Å². The van der Waals surface area contributed by atoms with Gasteiger partial charge in [-0.1, -0.05) is 30.7 Å². The highest BCUT2D eigenvalue weighted by Gasteiger charge is 2.35. The molecule has 1 fully saturated rings. The predicted molar refractivity (Wildman–Crippen MR) is 117 cm³/mol. The third-order valence-electron chi connectivity index (χ3n) is 5.96. The van der Waals surface area contributed by atoms with Gasteiger partial charge in [-0.2, -0.15) is 13.2 Å². The number of anilines is 1. The van der Waals surface area contributed by atoms with Crippen LogP contribution < -0.4 is 10.6 Å². The third-order valence-corrected chi connectivity index (χ3v) is 5.96. The number of H-pyrrole nitrogens is 1. The zero-order valence-electron chi connectivity index (χ0n) is 17.4. The smallest absolute Gasteiger partial charge is 0.368 e. The standard InChI is InChI=1S/C23H27F3N4O/c24-23(25,26)18-8-2-4-10-20(18)29-16-14-28(15-17-29)12-6-1-7-13-30-21-11-5-3-9-19(21)27-22(30)31/h2-5,8-11H,1,6-7,12-17H2,(H,27,31). The molecule has 0 amide bonds. The minimum absolute atomic E-state index is 0.0727. The van der Waals surface area contributed by atoms with Gasteiger partial charge < -0.3 is 9.88 Å². The Balaban J connectivity index is 1.22. The van der Waals surface area contributed by atoms with Crippen molar-refractivity contribution in [1.29, 1.82) is 0 Å². The Morgan fingerprint density at radius 3 is 2.29 bits per heavy atom. The quantitative estimate of drug-likeness (QED) is 0.565. The minimum Gasteiger partial charge on any atom is -0.368 e. The van der Waals surface area contributed by atoms with E-state index in [0.29, 0.717) is 19.6 Å². The van der Waals surface area contributed by atoms with Gasteiger partial charge in [0.15, 0.2) is 0 Å². The SMILES string of the molecule is O=c1[nH]c2ccccc2n1CCCCCN1CCN(c2ccccc2C(F)(F)F)CC1. The lowest BCUT2D eigenvalue weighted by Crippen LogP contribution is -2.47. The maximum Gasteiger partial charge on any atom is 0.418 e. The fraction of sp³-hybridized carbons (Fsp3) is 0.435. The van der Waals surface area contributed by atoms with Crippen molar-refractivity contribution in [1.82, 2.24) is 14.5 Å². The van der Waals surface area contributed by atoms with Crippen LogP contribution in [0.4, 0.5) is 18.9 Å². The van der Waals surface area contributed by atoms with Gasteiger partial charge in [0.1, 0.15) is 0 Å². The second-order valence-corrected chi connectivity index (χ2v) is 8.00. The predicted octanol–water partition coefficient (Wildman–Crippen LogP) is 4.34. The van der Waals surface area contributed by atoms with Crippen molar-refractivity contribution in [2.45, 2.75) is 32.0 Å². The normalized spacial score (nSPS) is 15.6. The molecule has 0 unspecified atom stereocenters. The number of hydrogen-bond donors (Lipinski definition) is 1. The highest BCUT2D eigenvalue weighted by molar-refractivity contribution is 5.74. The number of fused-ring (bicyclic) bond motifs is 1. The molecule has 2 aromatic carbocycles. The zero-order valence-corrected chi connectivity index (χ0v) is 17.4. The van der Waals surface area contributed by atoms with E-state index in [4.69, 9.17) is 0 Å². The van der Waals surface area contributed by atoms with E-state index in [2.05, 4.69) is 9.88 Å². The first-order chi connectivity index (χ1) is 14.9. The fourth-order valence-electron chi connectivity index (χ4n) is 4.31. The van der Waals surface area contributed by atoms with Gasteiger partial charge >= 0.3 is 11.9 Å². The van der Waals surface area contributed by atoms with E-state index >= 15 is 0 Å². The molecule has 0 bridgehead atoms. The number of halogens is 3. The van der Waals surface area contributed by atoms with Crippen LogP contribution in [0.25, 0.3) is 11.0 Å². The van der Waals surface area contributed by atoms with Gasteiger partial charge in [-0.3, -0.25) is 9.47 Å². The molecule has 1 aromatic heterocycles. The van der Waals surface area contributed by atoms with Crippen molar-refractivity contribution in [3.8, 4) is 0 Å². The van der Waals surface area contributed by atoms with Crippen molar-refractivity contribution in [2.24, 2.45) is 0 Å². The van der Waals surface area contributed by atoms with E-state index in [1.807, 2.05) is 29.2 Å². The van der Waals surface area contributed by atoms with Crippen LogP contribution in [-0.4, -0.2) is 47.2 Å². The Kier molecular flexibility index (Phi) is 6.36. The molecule has 0 spiro atoms. The molecule has 31 heavy (non-hydrogen) atoms. The van der Waals surface area contributed by atoms with Gasteiger partial charge in [-0.05, 0) is 43.7 Å². The minimum atomic E-state index is -4.33. The molecule has 3 aromatic rings. The lowest BCUT2D eigenvalue weighted by atomic mass is 10.1. The van der Waals surface area contributed by atoms with E-state index in [1.165, 1.54) is 6.07 Å². The first kappa shape index (κ1) is 21.5. The summed E-state index contributed by atoms with van der Waals surface area (Å²) in [5, 5.41) is 0. The Labute approximate surface area is 179 Å².